The zero-order chi connectivity index (χ0) is 47.6. The first-order valence-electron chi connectivity index (χ1n) is 22.8. The largest absolute Gasteiger partial charge is 0.462 e. The maximum absolute atomic E-state index is 14.1. The minimum atomic E-state index is -1.48. The molecule has 4 fully saturated rings. The number of hydrogen-bond acceptors (Lipinski definition) is 18. The summed E-state index contributed by atoms with van der Waals surface area (Å²) in [5, 5.41) is 67.5. The highest BCUT2D eigenvalue weighted by atomic mass is 16.7. The molecular formula is C46H77NO17. The van der Waals surface area contributed by atoms with Crippen molar-refractivity contribution in [1.82, 2.24) is 4.90 Å². The second kappa shape index (κ2) is 22.0. The summed E-state index contributed by atoms with van der Waals surface area (Å²) in [4.78, 5) is 29.7. The third kappa shape index (κ3) is 11.6. The fourth-order valence-corrected chi connectivity index (χ4v) is 10.3. The van der Waals surface area contributed by atoms with Crippen LogP contribution in [0.4, 0.5) is 0 Å². The molecule has 18 heteroatoms. The molecule has 0 aromatic heterocycles. The van der Waals surface area contributed by atoms with E-state index >= 15 is 0 Å². The molecule has 4 heterocycles. The van der Waals surface area contributed by atoms with Crippen LogP contribution in [0.1, 0.15) is 87.5 Å². The van der Waals surface area contributed by atoms with Gasteiger partial charge in [0.05, 0.1) is 66.7 Å². The van der Waals surface area contributed by atoms with Crippen LogP contribution >= 0.6 is 0 Å². The fraction of sp³-hybridized carbons (Fsp3) is 0.870. The van der Waals surface area contributed by atoms with E-state index < -0.39 is 145 Å². The van der Waals surface area contributed by atoms with Gasteiger partial charge >= 0.3 is 5.97 Å². The molecule has 0 unspecified atom stereocenters. The van der Waals surface area contributed by atoms with E-state index in [0.29, 0.717) is 12.0 Å². The zero-order valence-electron chi connectivity index (χ0n) is 39.6. The number of allylic oxidation sites excluding steroid dienone is 3. The van der Waals surface area contributed by atoms with E-state index in [9.17, 15) is 40.2 Å². The van der Waals surface area contributed by atoms with E-state index in [2.05, 4.69) is 0 Å². The van der Waals surface area contributed by atoms with Gasteiger partial charge in [0.1, 0.15) is 42.7 Å². The molecule has 4 aliphatic heterocycles. The van der Waals surface area contributed by atoms with E-state index in [4.69, 9.17) is 42.6 Å². The molecule has 0 amide bonds. The Morgan fingerprint density at radius 2 is 1.47 bits per heavy atom. The molecule has 3 saturated heterocycles. The van der Waals surface area contributed by atoms with Crippen molar-refractivity contribution >= 4 is 11.8 Å². The molecule has 0 aromatic rings. The van der Waals surface area contributed by atoms with Gasteiger partial charge in [-0.15, -0.1) is 0 Å². The van der Waals surface area contributed by atoms with Gasteiger partial charge < -0.3 is 78.2 Å². The van der Waals surface area contributed by atoms with Gasteiger partial charge in [0.2, 0.25) is 0 Å². The van der Waals surface area contributed by atoms with E-state index in [-0.39, 0.29) is 31.7 Å². The van der Waals surface area contributed by atoms with Crippen LogP contribution in [0.5, 0.6) is 0 Å². The Kier molecular flexibility index (Phi) is 18.2. The van der Waals surface area contributed by atoms with Gasteiger partial charge in [-0.2, -0.15) is 0 Å². The second-order valence-corrected chi connectivity index (χ2v) is 19.5. The van der Waals surface area contributed by atoms with E-state index in [1.54, 1.807) is 66.6 Å². The van der Waals surface area contributed by atoms with Crippen LogP contribution in [0.25, 0.3) is 0 Å². The molecular weight excluding hydrogens is 838 g/mol. The van der Waals surface area contributed by atoms with Crippen molar-refractivity contribution in [2.24, 2.45) is 23.2 Å². The van der Waals surface area contributed by atoms with Crippen molar-refractivity contribution < 1.29 is 82.9 Å². The lowest BCUT2D eigenvalue weighted by atomic mass is 9.79. The summed E-state index contributed by atoms with van der Waals surface area (Å²) in [5.41, 5.74) is -2.05. The molecule has 18 nitrogen and oxygen atoms in total. The first-order valence-corrected chi connectivity index (χ1v) is 22.8. The van der Waals surface area contributed by atoms with Gasteiger partial charge in [0.25, 0.3) is 0 Å². The summed E-state index contributed by atoms with van der Waals surface area (Å²) in [6.45, 7) is 13.7. The van der Waals surface area contributed by atoms with Gasteiger partial charge in [-0.25, -0.2) is 0 Å². The summed E-state index contributed by atoms with van der Waals surface area (Å²) in [7, 11) is 6.47. The number of nitrogens with zero attached hydrogens (tertiary/aromatic N) is 1. The quantitative estimate of drug-likeness (QED) is 0.161. The number of carbonyl (C=O) groups excluding carboxylic acids is 2. The Morgan fingerprint density at radius 1 is 0.812 bits per heavy atom. The Bertz CT molecular complexity index is 1610. The number of aliphatic hydroxyl groups is 6. The Labute approximate surface area is 378 Å². The van der Waals surface area contributed by atoms with Crippen molar-refractivity contribution in [3.63, 3.8) is 0 Å². The number of ketones is 1. The highest BCUT2D eigenvalue weighted by molar-refractivity contribution is 5.95. The van der Waals surface area contributed by atoms with Crippen LogP contribution < -0.4 is 0 Å². The summed E-state index contributed by atoms with van der Waals surface area (Å²) in [6, 6.07) is -0.724. The van der Waals surface area contributed by atoms with Crippen LogP contribution in [0.2, 0.25) is 0 Å². The Morgan fingerprint density at radius 3 is 2.08 bits per heavy atom. The van der Waals surface area contributed by atoms with Gasteiger partial charge in [0.15, 0.2) is 24.7 Å². The molecule has 1 saturated carbocycles. The topological polar surface area (TPSA) is 242 Å². The molecule has 0 spiro atoms. The molecule has 0 radical (unpaired) electrons. The third-order valence-corrected chi connectivity index (χ3v) is 14.4. The first kappa shape index (κ1) is 53.0. The van der Waals surface area contributed by atoms with Crippen LogP contribution in [0, 0.1) is 23.2 Å². The van der Waals surface area contributed by atoms with Crippen LogP contribution in [-0.4, -0.2) is 192 Å². The number of carbonyl (C=O) groups is 2. The lowest BCUT2D eigenvalue weighted by molar-refractivity contribution is -0.341. The van der Waals surface area contributed by atoms with Crippen molar-refractivity contribution in [2.75, 3.05) is 34.9 Å². The van der Waals surface area contributed by atoms with Crippen LogP contribution in [-0.2, 0) is 52.2 Å². The van der Waals surface area contributed by atoms with Gasteiger partial charge in [-0.3, -0.25) is 9.59 Å². The van der Waals surface area contributed by atoms with Crippen molar-refractivity contribution in [2.45, 2.75) is 197 Å². The van der Waals surface area contributed by atoms with E-state index in [1.165, 1.54) is 27.2 Å². The average molecular weight is 916 g/mol. The van der Waals surface area contributed by atoms with Crippen molar-refractivity contribution in [1.29, 1.82) is 0 Å². The lowest BCUT2D eigenvalue weighted by Gasteiger charge is -2.50. The van der Waals surface area contributed by atoms with E-state index in [0.717, 1.165) is 0 Å². The number of rotatable bonds is 11. The lowest BCUT2D eigenvalue weighted by Crippen LogP contribution is -2.65. The molecule has 5 rings (SSSR count). The summed E-state index contributed by atoms with van der Waals surface area (Å²) in [5.74, 6) is -2.85. The molecule has 368 valence electrons. The first-order chi connectivity index (χ1) is 30.0. The summed E-state index contributed by atoms with van der Waals surface area (Å²) < 4.78 is 54.8. The number of ether oxygens (including phenoxy) is 9. The minimum Gasteiger partial charge on any atom is -0.462 e. The van der Waals surface area contributed by atoms with Gasteiger partial charge in [-0.1, -0.05) is 31.6 Å². The predicted octanol–water partition coefficient (Wildman–Crippen LogP) is 1.38. The van der Waals surface area contributed by atoms with Crippen molar-refractivity contribution in [3.8, 4) is 0 Å². The highest BCUT2D eigenvalue weighted by Crippen LogP contribution is 2.47. The number of esters is 1. The third-order valence-electron chi connectivity index (χ3n) is 14.4. The molecule has 1 aliphatic carbocycles. The highest BCUT2D eigenvalue weighted by Gasteiger charge is 2.55. The SMILES string of the molecule is CC[C@H]1OC(=O)C[C@@H](O)[C@H](C)[C@@H](O[C@@H]2O[C@H](C)[C@@H](O[C@H]3C[C@@](C)(O)[C@@H](O)[C@H](C)O3)[C@H](N(C)C)[C@H]2O)[C@H]2C[C@@H](O)[C@](C)(C2)C(=O)/C=C\C(C)=C/[C@@H]1CO[C@@H]1O[C@H](C)[C@@H](O)[C@@H](OC)[C@H]1OC. The maximum Gasteiger partial charge on any atom is 0.308 e. The number of fused-ring (bicyclic) bond motifs is 2. The number of likely N-dealkylation sites (N-methyl/N-ethyl adjacent to an activating group) is 1. The molecule has 0 aromatic carbocycles. The fourth-order valence-electron chi connectivity index (χ4n) is 10.3. The molecule has 6 N–H and O–H groups in total. The minimum absolute atomic E-state index is 0.0135. The maximum atomic E-state index is 14.1. The molecule has 5 aliphatic rings. The molecule has 22 atom stereocenters. The zero-order valence-corrected chi connectivity index (χ0v) is 39.6. The monoisotopic (exact) mass is 916 g/mol. The normalized spacial score (nSPS) is 49.0. The number of cyclic esters (lactones) is 1. The smallest absolute Gasteiger partial charge is 0.308 e. The Balaban J connectivity index is 1.40. The summed E-state index contributed by atoms with van der Waals surface area (Å²) >= 11 is 0. The number of aliphatic hydroxyl groups excluding tert-OH is 5. The molecule has 64 heavy (non-hydrogen) atoms. The standard InChI is InChI=1S/C46H77NO17/c1-13-30-28(21-58-44-41(57-12)40(56-11)36(52)24(4)60-44)16-22(2)14-15-31(49)45(7)19-27(17-32(45)50)38(23(3)29(48)18-33(51)62-30)64-43-37(53)35(47(9)10)39(25(5)61-43)63-34-20-46(8,55)42(54)26(6)59-34/h14-16,23-30,32,34-44,48,50,52-55H,13,17-21H2,1-12H3/b15-14-,22-16-/t23-,24+,25+,26-,27-,28+,29+,30+,32+,34-,35+,36+,37+,38+,39+,40+,41+,42-,43-,44+,45+,46+/m0/s1. The van der Waals surface area contributed by atoms with Crippen LogP contribution in [0.3, 0.4) is 0 Å². The van der Waals surface area contributed by atoms with Crippen molar-refractivity contribution in [3.05, 3.63) is 23.8 Å². The van der Waals surface area contributed by atoms with Crippen LogP contribution in [0.15, 0.2) is 23.8 Å². The second-order valence-electron chi connectivity index (χ2n) is 19.5. The van der Waals surface area contributed by atoms with Gasteiger partial charge in [0, 0.05) is 32.5 Å². The number of hydrogen-bond donors (Lipinski definition) is 6. The molecule has 2 bridgehead atoms. The summed E-state index contributed by atoms with van der Waals surface area (Å²) in [6.07, 6.45) is -9.81. The Hall–Kier alpha value is -1.98. The van der Waals surface area contributed by atoms with E-state index in [1.807, 2.05) is 13.0 Å². The van der Waals surface area contributed by atoms with Gasteiger partial charge in [-0.05, 0) is 86.9 Å². The predicted molar refractivity (Wildman–Crippen MR) is 229 cm³/mol. The number of methoxy groups -OCH3 is 2. The average Bonchev–Trinajstić information content (AvgIpc) is 3.54.